The summed E-state index contributed by atoms with van der Waals surface area (Å²) in [4.78, 5) is 12.7. The molecule has 0 spiro atoms. The topological polar surface area (TPSA) is 56.0 Å². The van der Waals surface area contributed by atoms with Crippen molar-refractivity contribution in [3.8, 4) is 5.75 Å². The molecule has 2 aromatic carbocycles. The van der Waals surface area contributed by atoms with Crippen LogP contribution in [-0.2, 0) is 0 Å². The first kappa shape index (κ1) is 21.6. The number of urea groups is 1. The summed E-state index contributed by atoms with van der Waals surface area (Å²) in [7, 11) is 0. The molecule has 140 valence electrons. The Labute approximate surface area is 213 Å². The average Bonchev–Trinajstić information content (AvgIpc) is 3.06. The molecule has 0 radical (unpaired) electrons. The van der Waals surface area contributed by atoms with E-state index in [2.05, 4.69) is 10.4 Å². The quantitative estimate of drug-likeness (QED) is 0.714. The summed E-state index contributed by atoms with van der Waals surface area (Å²) >= 11 is 0. The Morgan fingerprint density at radius 2 is 2.14 bits per heavy atom. The van der Waals surface area contributed by atoms with Crippen molar-refractivity contribution in [2.75, 3.05) is 13.2 Å². The Balaban J connectivity index is 0.00000225. The summed E-state index contributed by atoms with van der Waals surface area (Å²) in [6.07, 6.45) is 0.784. The number of fused-ring (bicyclic) bond motifs is 3. The first-order chi connectivity index (χ1) is 13.1. The van der Waals surface area contributed by atoms with Crippen molar-refractivity contribution in [3.63, 3.8) is 0 Å². The number of amides is 2. The molecule has 2 atom stereocenters. The van der Waals surface area contributed by atoms with Gasteiger partial charge >= 0.3 is 58.2 Å². The molecule has 0 bridgehead atoms. The van der Waals surface area contributed by atoms with Gasteiger partial charge in [0, 0.05) is 17.5 Å². The van der Waals surface area contributed by atoms with Crippen LogP contribution in [0.1, 0.15) is 36.1 Å². The van der Waals surface area contributed by atoms with E-state index >= 15 is 0 Å². The second-order valence-corrected chi connectivity index (χ2v) is 6.91. The van der Waals surface area contributed by atoms with Crippen molar-refractivity contribution in [1.29, 1.82) is 0 Å². The molecule has 0 saturated heterocycles. The number of hydrogen-bond donors (Lipinski definition) is 0. The number of benzene rings is 2. The van der Waals surface area contributed by atoms with E-state index in [9.17, 15) is 9.18 Å². The minimum atomic E-state index is -0.372. The smallest absolute Gasteiger partial charge is 0.492 e. The van der Waals surface area contributed by atoms with Crippen LogP contribution in [0.3, 0.4) is 0 Å². The number of ether oxygens (including phenoxy) is 1. The molecular formula is C21H21FN3O2Rb. The van der Waals surface area contributed by atoms with Crippen LogP contribution >= 0.6 is 0 Å². The summed E-state index contributed by atoms with van der Waals surface area (Å²) in [5.41, 5.74) is 3.36. The molecule has 0 fully saturated rings. The van der Waals surface area contributed by atoms with Gasteiger partial charge in [0.15, 0.2) is 6.03 Å². The number of nitrogens with zero attached hydrogens (tertiary/aromatic N) is 3. The van der Waals surface area contributed by atoms with E-state index in [1.54, 1.807) is 6.07 Å². The van der Waals surface area contributed by atoms with E-state index in [1.165, 1.54) is 17.1 Å². The molecule has 5 nitrogen and oxygen atoms in total. The van der Waals surface area contributed by atoms with Crippen LogP contribution in [-0.4, -0.2) is 29.9 Å². The van der Waals surface area contributed by atoms with E-state index < -0.39 is 0 Å². The van der Waals surface area contributed by atoms with Gasteiger partial charge in [-0.2, -0.15) is 0 Å². The van der Waals surface area contributed by atoms with E-state index in [-0.39, 0.29) is 82.0 Å². The minimum Gasteiger partial charge on any atom is -0.492 e. The molecule has 0 aliphatic carbocycles. The number of rotatable bonds is 3. The van der Waals surface area contributed by atoms with E-state index in [4.69, 9.17) is 4.74 Å². The molecule has 0 saturated carbocycles. The van der Waals surface area contributed by atoms with Gasteiger partial charge in [0.05, 0.1) is 12.3 Å². The summed E-state index contributed by atoms with van der Waals surface area (Å²) in [6.45, 7) is 4.81. The van der Waals surface area contributed by atoms with E-state index in [0.717, 1.165) is 17.5 Å². The van der Waals surface area contributed by atoms with Crippen molar-refractivity contribution >= 4 is 11.7 Å². The maximum Gasteiger partial charge on any atom is 1.00 e. The fourth-order valence-corrected chi connectivity index (χ4v) is 3.67. The zero-order valence-electron chi connectivity index (χ0n) is 16.4. The van der Waals surface area contributed by atoms with Gasteiger partial charge in [-0.05, 0) is 37.2 Å². The fourth-order valence-electron chi connectivity index (χ4n) is 3.67. The standard InChI is InChI=1S/C21H22FN3O2.Rb/c1-3-9-23-21(26)25-20(14-6-4-5-13(2)10-14)17-12-27-18-8-7-15(22)11-16(18)19(17)24-25;/h4-8,10-11,17,20H,3,9,12H2,1-2H3,(H,23,26);/q;+1/p-1. The van der Waals surface area contributed by atoms with Crippen molar-refractivity contribution < 1.29 is 72.1 Å². The Kier molecular flexibility index (Phi) is 7.07. The predicted octanol–water partition coefficient (Wildman–Crippen LogP) is 1.81. The van der Waals surface area contributed by atoms with Crippen LogP contribution in [0.25, 0.3) is 5.32 Å². The Hall–Kier alpha value is -1.08. The largest absolute Gasteiger partial charge is 1.00 e. The van der Waals surface area contributed by atoms with Crippen LogP contribution in [0, 0.1) is 18.7 Å². The predicted molar refractivity (Wildman–Crippen MR) is 102 cm³/mol. The molecule has 2 amide bonds. The van der Waals surface area contributed by atoms with Gasteiger partial charge in [0.1, 0.15) is 11.6 Å². The van der Waals surface area contributed by atoms with Crippen molar-refractivity contribution in [3.05, 3.63) is 70.3 Å². The molecule has 0 N–H and O–H groups in total. The van der Waals surface area contributed by atoms with E-state index in [1.807, 2.05) is 38.1 Å². The molecule has 2 aliphatic rings. The van der Waals surface area contributed by atoms with Gasteiger partial charge in [-0.25, -0.2) is 4.39 Å². The number of hydrogen-bond acceptors (Lipinski definition) is 3. The van der Waals surface area contributed by atoms with Gasteiger partial charge in [-0.1, -0.05) is 43.2 Å². The Morgan fingerprint density at radius 3 is 2.89 bits per heavy atom. The molecular weight excluding hydrogens is 431 g/mol. The number of hydrazone groups is 1. The summed E-state index contributed by atoms with van der Waals surface area (Å²) in [5.74, 6) is 0.0734. The monoisotopic (exact) mass is 451 g/mol. The molecule has 2 heterocycles. The number of halogens is 1. The van der Waals surface area contributed by atoms with Crippen molar-refractivity contribution in [2.24, 2.45) is 11.0 Å². The molecule has 2 unspecified atom stereocenters. The SMILES string of the molecule is CCC[N-]C(=O)N1N=C2c3cc(F)ccc3OCC2C1c1cccc(C)c1.[Rb+]. The maximum atomic E-state index is 13.8. The first-order valence-corrected chi connectivity index (χ1v) is 9.17. The second kappa shape index (κ2) is 9.16. The summed E-state index contributed by atoms with van der Waals surface area (Å²) in [5, 5.41) is 10.2. The third-order valence-electron chi connectivity index (χ3n) is 4.90. The normalized spacial score (nSPS) is 19.7. The fraction of sp³-hybridized carbons (Fsp3) is 0.333. The van der Waals surface area contributed by atoms with Crippen LogP contribution in [0.5, 0.6) is 5.75 Å². The Bertz CT molecular complexity index is 918. The van der Waals surface area contributed by atoms with Gasteiger partial charge < -0.3 is 15.1 Å². The van der Waals surface area contributed by atoms with Crippen LogP contribution in [0.4, 0.5) is 9.18 Å². The molecule has 0 aromatic heterocycles. The van der Waals surface area contributed by atoms with Crippen LogP contribution in [0.2, 0.25) is 0 Å². The van der Waals surface area contributed by atoms with Crippen LogP contribution in [0.15, 0.2) is 47.6 Å². The Morgan fingerprint density at radius 1 is 1.32 bits per heavy atom. The molecule has 7 heteroatoms. The second-order valence-electron chi connectivity index (χ2n) is 6.91. The van der Waals surface area contributed by atoms with Gasteiger partial charge in [-0.3, -0.25) is 9.90 Å². The summed E-state index contributed by atoms with van der Waals surface area (Å²) < 4.78 is 19.7. The van der Waals surface area contributed by atoms with Gasteiger partial charge in [0.25, 0.3) is 0 Å². The third-order valence-corrected chi connectivity index (χ3v) is 4.90. The summed E-state index contributed by atoms with van der Waals surface area (Å²) in [6, 6.07) is 11.7. The van der Waals surface area contributed by atoms with Crippen molar-refractivity contribution in [2.45, 2.75) is 26.3 Å². The molecule has 2 aromatic rings. The molecule has 28 heavy (non-hydrogen) atoms. The van der Waals surface area contributed by atoms with Gasteiger partial charge in [-0.15, -0.1) is 0 Å². The third kappa shape index (κ3) is 4.11. The first-order valence-electron chi connectivity index (χ1n) is 9.17. The molecule has 4 rings (SSSR count). The average molecular weight is 452 g/mol. The van der Waals surface area contributed by atoms with Gasteiger partial charge in [0.2, 0.25) is 0 Å². The zero-order chi connectivity index (χ0) is 19.0. The van der Waals surface area contributed by atoms with E-state index in [0.29, 0.717) is 30.2 Å². The number of carbonyl (C=O) groups is 1. The maximum absolute atomic E-state index is 13.8. The number of aryl methyl sites for hydroxylation is 1. The van der Waals surface area contributed by atoms with Crippen molar-refractivity contribution in [1.82, 2.24) is 5.01 Å². The number of carbonyl (C=O) groups excluding carboxylic acids is 1. The molecule has 2 aliphatic heterocycles. The zero-order valence-corrected chi connectivity index (χ0v) is 21.3. The van der Waals surface area contributed by atoms with Crippen LogP contribution < -0.4 is 62.9 Å². The minimum absolute atomic E-state index is 0.